The number of amides is 3. The summed E-state index contributed by atoms with van der Waals surface area (Å²) in [6.07, 6.45) is 4.35. The molecule has 2 saturated carbocycles. The van der Waals surface area contributed by atoms with Crippen molar-refractivity contribution in [1.29, 1.82) is 0 Å². The first-order valence-corrected chi connectivity index (χ1v) is 6.81. The molecule has 0 spiro atoms. The molecule has 3 atom stereocenters. The summed E-state index contributed by atoms with van der Waals surface area (Å²) >= 11 is 0. The molecule has 4 N–H and O–H groups in total. The highest BCUT2D eigenvalue weighted by molar-refractivity contribution is 6.32. The molecular weight excluding hydrogens is 264 g/mol. The van der Waals surface area contributed by atoms with Crippen LogP contribution in [0.2, 0.25) is 0 Å². The highest BCUT2D eigenvalue weighted by atomic mass is 16.4. The van der Waals surface area contributed by atoms with Crippen LogP contribution in [0.1, 0.15) is 32.1 Å². The number of carbonyl (C=O) groups is 4. The third-order valence-corrected chi connectivity index (χ3v) is 5.26. The number of carbonyl (C=O) groups excluding carboxylic acids is 3. The lowest BCUT2D eigenvalue weighted by molar-refractivity contribution is -0.151. The molecule has 0 unspecified atom stereocenters. The summed E-state index contributed by atoms with van der Waals surface area (Å²) in [6.45, 7) is 0. The van der Waals surface area contributed by atoms with Gasteiger partial charge in [-0.05, 0) is 5.92 Å². The Hall–Kier alpha value is -1.92. The average Bonchev–Trinajstić information content (AvgIpc) is 2.99. The minimum Gasteiger partial charge on any atom is -0.480 e. The van der Waals surface area contributed by atoms with Crippen LogP contribution < -0.4 is 11.1 Å². The molecule has 0 aromatic rings. The van der Waals surface area contributed by atoms with Crippen molar-refractivity contribution in [3.63, 3.8) is 0 Å². The summed E-state index contributed by atoms with van der Waals surface area (Å²) in [4.78, 5) is 47.6. The number of primary amides is 1. The number of piperidine rings is 1. The Bertz CT molecular complexity index is 501. The summed E-state index contributed by atoms with van der Waals surface area (Å²) in [7, 11) is 0. The second kappa shape index (κ2) is 3.80. The van der Waals surface area contributed by atoms with E-state index in [1.165, 1.54) is 0 Å². The van der Waals surface area contributed by atoms with Gasteiger partial charge in [0.05, 0.1) is 0 Å². The first-order chi connectivity index (χ1) is 9.41. The molecule has 3 fully saturated rings. The minimum atomic E-state index is -1.97. The molecule has 0 bridgehead atoms. The van der Waals surface area contributed by atoms with Crippen molar-refractivity contribution < 1.29 is 24.3 Å². The second-order valence-corrected chi connectivity index (χ2v) is 5.94. The van der Waals surface area contributed by atoms with Gasteiger partial charge >= 0.3 is 5.97 Å². The van der Waals surface area contributed by atoms with Gasteiger partial charge in [0.1, 0.15) is 0 Å². The van der Waals surface area contributed by atoms with Gasteiger partial charge < -0.3 is 10.8 Å². The van der Waals surface area contributed by atoms with E-state index in [0.717, 1.165) is 32.1 Å². The fraction of sp³-hybridized carbons (Fsp3) is 0.692. The van der Waals surface area contributed by atoms with Crippen LogP contribution in [0.4, 0.5) is 0 Å². The van der Waals surface area contributed by atoms with E-state index in [2.05, 4.69) is 0 Å². The molecule has 1 aliphatic heterocycles. The lowest BCUT2D eigenvalue weighted by atomic mass is 9.81. The Kier molecular flexibility index (Phi) is 2.49. The molecule has 0 aromatic carbocycles. The van der Waals surface area contributed by atoms with Crippen molar-refractivity contribution in [1.82, 2.24) is 5.32 Å². The summed E-state index contributed by atoms with van der Waals surface area (Å²) in [5.41, 5.74) is 1.48. The molecule has 7 nitrogen and oxygen atoms in total. The molecular formula is C13H16N2O5. The fourth-order valence-electron chi connectivity index (χ4n) is 4.48. The predicted octanol–water partition coefficient (Wildman–Crippen LogP) is -0.604. The molecule has 0 radical (unpaired) electrons. The Morgan fingerprint density at radius 1 is 1.10 bits per heavy atom. The van der Waals surface area contributed by atoms with Crippen molar-refractivity contribution in [2.45, 2.75) is 32.1 Å². The molecule has 2 aliphatic carbocycles. The van der Waals surface area contributed by atoms with E-state index in [1.54, 1.807) is 0 Å². The van der Waals surface area contributed by atoms with Crippen molar-refractivity contribution in [3.05, 3.63) is 0 Å². The zero-order chi connectivity index (χ0) is 14.7. The Morgan fingerprint density at radius 2 is 1.65 bits per heavy atom. The number of hydrogen-bond acceptors (Lipinski definition) is 4. The number of nitrogens with two attached hydrogens (primary N) is 1. The summed E-state index contributed by atoms with van der Waals surface area (Å²) < 4.78 is 0. The highest BCUT2D eigenvalue weighted by Gasteiger charge is 2.95. The maximum Gasteiger partial charge on any atom is 0.321 e. The van der Waals surface area contributed by atoms with E-state index in [1.807, 2.05) is 5.32 Å². The first-order valence-electron chi connectivity index (χ1n) is 6.81. The van der Waals surface area contributed by atoms with Gasteiger partial charge in [0, 0.05) is 5.92 Å². The predicted molar refractivity (Wildman–Crippen MR) is 64.9 cm³/mol. The number of nitrogens with one attached hydrogen (secondary N) is 1. The number of imide groups is 1. The second-order valence-electron chi connectivity index (χ2n) is 5.94. The van der Waals surface area contributed by atoms with Gasteiger partial charge in [-0.1, -0.05) is 32.1 Å². The Labute approximate surface area is 114 Å². The minimum absolute atomic E-state index is 0.109. The van der Waals surface area contributed by atoms with E-state index in [-0.39, 0.29) is 5.92 Å². The number of rotatable bonds is 3. The van der Waals surface area contributed by atoms with Gasteiger partial charge in [0.2, 0.25) is 17.7 Å². The normalized spacial score (nSPS) is 40.1. The number of carboxylic acid groups (broad SMARTS) is 1. The van der Waals surface area contributed by atoms with Crippen LogP contribution in [-0.4, -0.2) is 28.8 Å². The smallest absolute Gasteiger partial charge is 0.321 e. The molecule has 1 saturated heterocycles. The summed E-state index contributed by atoms with van der Waals surface area (Å²) in [5, 5.41) is 11.5. The van der Waals surface area contributed by atoms with Crippen LogP contribution in [0.3, 0.4) is 0 Å². The van der Waals surface area contributed by atoms with Crippen molar-refractivity contribution >= 4 is 23.7 Å². The van der Waals surface area contributed by atoms with Crippen LogP contribution in [0, 0.1) is 22.7 Å². The standard InChI is InChI=1S/C13H16N2O5/c14-8(16)12-7(6-4-2-1-3-5-6)13(12,11(19)20)10(18)15-9(12)17/h6-7H,1-5H2,(H2,14,16)(H,19,20)(H,15,17,18)/t7-,12+,13+/m1/s1. The molecule has 3 rings (SSSR count). The van der Waals surface area contributed by atoms with Gasteiger partial charge in [-0.3, -0.25) is 24.5 Å². The van der Waals surface area contributed by atoms with E-state index in [0.29, 0.717) is 0 Å². The van der Waals surface area contributed by atoms with Crippen molar-refractivity contribution in [2.24, 2.45) is 28.4 Å². The third-order valence-electron chi connectivity index (χ3n) is 5.26. The maximum absolute atomic E-state index is 12.1. The zero-order valence-corrected chi connectivity index (χ0v) is 10.8. The monoisotopic (exact) mass is 280 g/mol. The lowest BCUT2D eigenvalue weighted by Gasteiger charge is -2.24. The Morgan fingerprint density at radius 3 is 2.10 bits per heavy atom. The van der Waals surface area contributed by atoms with E-state index in [4.69, 9.17) is 5.73 Å². The van der Waals surface area contributed by atoms with Crippen LogP contribution >= 0.6 is 0 Å². The summed E-state index contributed by atoms with van der Waals surface area (Å²) in [5.74, 6) is -5.04. The topological polar surface area (TPSA) is 127 Å². The fourth-order valence-corrected chi connectivity index (χ4v) is 4.48. The SMILES string of the molecule is NC(=O)[C@@]12C(=O)NC(=O)[C@]1(C(=O)O)[C@@H]2C1CCCCC1. The lowest BCUT2D eigenvalue weighted by Crippen LogP contribution is -2.40. The number of carboxylic acids is 1. The maximum atomic E-state index is 12.1. The molecule has 108 valence electrons. The highest BCUT2D eigenvalue weighted by Crippen LogP contribution is 2.75. The average molecular weight is 280 g/mol. The van der Waals surface area contributed by atoms with Crippen molar-refractivity contribution in [3.8, 4) is 0 Å². The summed E-state index contributed by atoms with van der Waals surface area (Å²) in [6, 6.07) is 0. The van der Waals surface area contributed by atoms with Crippen LogP contribution in [0.15, 0.2) is 0 Å². The van der Waals surface area contributed by atoms with Crippen LogP contribution in [0.25, 0.3) is 0 Å². The molecule has 1 heterocycles. The van der Waals surface area contributed by atoms with E-state index >= 15 is 0 Å². The molecule has 0 aromatic heterocycles. The van der Waals surface area contributed by atoms with E-state index in [9.17, 15) is 24.3 Å². The Balaban J connectivity index is 2.10. The quantitative estimate of drug-likeness (QED) is 0.470. The molecule has 7 heteroatoms. The zero-order valence-electron chi connectivity index (χ0n) is 10.8. The van der Waals surface area contributed by atoms with Crippen LogP contribution in [0.5, 0.6) is 0 Å². The number of hydrogen-bond donors (Lipinski definition) is 3. The van der Waals surface area contributed by atoms with Gasteiger partial charge in [-0.25, -0.2) is 0 Å². The van der Waals surface area contributed by atoms with Gasteiger partial charge in [0.15, 0.2) is 10.8 Å². The number of fused-ring (bicyclic) bond motifs is 1. The first kappa shape index (κ1) is 13.1. The molecule has 20 heavy (non-hydrogen) atoms. The number of aliphatic carboxylic acids is 1. The van der Waals surface area contributed by atoms with Gasteiger partial charge in [0.25, 0.3) is 0 Å². The van der Waals surface area contributed by atoms with Crippen molar-refractivity contribution in [2.75, 3.05) is 0 Å². The largest absolute Gasteiger partial charge is 0.480 e. The van der Waals surface area contributed by atoms with Gasteiger partial charge in [-0.2, -0.15) is 0 Å². The van der Waals surface area contributed by atoms with Gasteiger partial charge in [-0.15, -0.1) is 0 Å². The molecule has 3 aliphatic rings. The van der Waals surface area contributed by atoms with E-state index < -0.39 is 40.4 Å². The van der Waals surface area contributed by atoms with Crippen LogP contribution in [-0.2, 0) is 19.2 Å². The molecule has 3 amide bonds. The third kappa shape index (κ3) is 1.12.